The van der Waals surface area contributed by atoms with Gasteiger partial charge in [0.15, 0.2) is 0 Å². The second-order valence-electron chi connectivity index (χ2n) is 7.67. The van der Waals surface area contributed by atoms with Gasteiger partial charge in [0.2, 0.25) is 0 Å². The molecule has 0 saturated carbocycles. The van der Waals surface area contributed by atoms with Crippen LogP contribution >= 0.6 is 0 Å². The molecule has 1 aliphatic rings. The normalized spacial score (nSPS) is 15.7. The Morgan fingerprint density at radius 2 is 1.41 bits per heavy atom. The van der Waals surface area contributed by atoms with Crippen molar-refractivity contribution in [1.29, 1.82) is 0 Å². The monoisotopic (exact) mass is 494 g/mol. The molecular formula is C24H25Cl3SiTi. The first-order chi connectivity index (χ1) is 12.7. The van der Waals surface area contributed by atoms with Gasteiger partial charge in [-0.3, -0.25) is 0 Å². The molecule has 29 heavy (non-hydrogen) atoms. The van der Waals surface area contributed by atoms with Gasteiger partial charge >= 0.3 is 171 Å². The molecule has 0 amide bonds. The summed E-state index contributed by atoms with van der Waals surface area (Å²) in [6.45, 7) is 4.95. The average Bonchev–Trinajstić information content (AvgIpc) is 3.03. The van der Waals surface area contributed by atoms with Gasteiger partial charge in [0.1, 0.15) is 0 Å². The fraction of sp³-hybridized carbons (Fsp3) is 0.250. The molecule has 0 radical (unpaired) electrons. The second-order valence-corrected chi connectivity index (χ2v) is 13.0. The van der Waals surface area contributed by atoms with Crippen molar-refractivity contribution in [2.45, 2.75) is 37.9 Å². The summed E-state index contributed by atoms with van der Waals surface area (Å²) < 4.78 is 1.45. The van der Waals surface area contributed by atoms with Gasteiger partial charge in [-0.05, 0) is 0 Å². The zero-order valence-electron chi connectivity index (χ0n) is 16.8. The van der Waals surface area contributed by atoms with Crippen molar-refractivity contribution < 1.29 is 57.7 Å². The van der Waals surface area contributed by atoms with E-state index in [9.17, 15) is 0 Å². The van der Waals surface area contributed by atoms with Gasteiger partial charge in [0.05, 0.1) is 0 Å². The van der Waals surface area contributed by atoms with Crippen LogP contribution < -0.4 is 46.3 Å². The minimum Gasteiger partial charge on any atom is -1.00 e. The Morgan fingerprint density at radius 1 is 0.793 bits per heavy atom. The molecule has 1 aliphatic carbocycles. The first-order valence-corrected chi connectivity index (χ1v) is 13.2. The Morgan fingerprint density at radius 3 is 2.10 bits per heavy atom. The number of benzene rings is 3. The summed E-state index contributed by atoms with van der Waals surface area (Å²) in [4.78, 5) is 0. The smallest absolute Gasteiger partial charge is 1.00 e. The van der Waals surface area contributed by atoms with Crippen molar-refractivity contribution in [3.63, 3.8) is 0 Å². The molecule has 3 aromatic carbocycles. The van der Waals surface area contributed by atoms with Gasteiger partial charge in [-0.2, -0.15) is 0 Å². The standard InChI is InChI=1S/C24H25Si.3ClH.Ti/c1-3-4-18-25(2,19-12-6-5-7-13-19)24-22-16-10-8-14-20(22)21-15-9-11-17-23(21)24;;;;/h5-16,24H,3-4,18H2,1-2H3;3*1H;/q;;;;+3/p-3. The van der Waals surface area contributed by atoms with Crippen LogP contribution in [0.3, 0.4) is 0 Å². The summed E-state index contributed by atoms with van der Waals surface area (Å²) in [5.41, 5.74) is 6.65. The van der Waals surface area contributed by atoms with E-state index in [1.165, 1.54) is 33.9 Å². The Kier molecular flexibility index (Phi) is 10.2. The molecule has 2 atom stereocenters. The van der Waals surface area contributed by atoms with Crippen molar-refractivity contribution in [1.82, 2.24) is 0 Å². The molecule has 0 saturated heterocycles. The Balaban J connectivity index is 0.00000140. The number of rotatable bonds is 5. The first kappa shape index (κ1) is 26.5. The fourth-order valence-electron chi connectivity index (χ4n) is 4.74. The molecular weight excluding hydrogens is 471 g/mol. The molecule has 0 heterocycles. The Bertz CT molecular complexity index is 932. The molecule has 0 bridgehead atoms. The number of fused-ring (bicyclic) bond motifs is 3. The van der Waals surface area contributed by atoms with Crippen LogP contribution in [0.1, 0.15) is 36.4 Å². The molecule has 4 rings (SSSR count). The van der Waals surface area contributed by atoms with Gasteiger partial charge < -0.3 is 37.2 Å². The van der Waals surface area contributed by atoms with Crippen LogP contribution in [0.25, 0.3) is 11.1 Å². The molecule has 0 aromatic heterocycles. The molecule has 0 aliphatic heterocycles. The van der Waals surface area contributed by atoms with E-state index in [2.05, 4.69) is 107 Å². The van der Waals surface area contributed by atoms with E-state index in [4.69, 9.17) is 0 Å². The van der Waals surface area contributed by atoms with E-state index < -0.39 is 8.07 Å². The summed E-state index contributed by atoms with van der Waals surface area (Å²) in [6.07, 6.45) is 2.59. The molecule has 150 valence electrons. The van der Waals surface area contributed by atoms with Crippen LogP contribution in [0, 0.1) is 0 Å². The average molecular weight is 496 g/mol. The van der Waals surface area contributed by atoms with Crippen molar-refractivity contribution in [2.75, 3.05) is 0 Å². The predicted octanol–water partition coefficient (Wildman–Crippen LogP) is -3.69. The van der Waals surface area contributed by atoms with Crippen molar-refractivity contribution in [3.8, 4) is 11.1 Å². The number of unbranched alkanes of at least 4 members (excludes halogenated alkanes) is 1. The Hall–Kier alpha value is -0.539. The van der Waals surface area contributed by atoms with Gasteiger partial charge in [0.25, 0.3) is 0 Å². The summed E-state index contributed by atoms with van der Waals surface area (Å²) in [5, 5.41) is 1.60. The van der Waals surface area contributed by atoms with Crippen LogP contribution in [0.5, 0.6) is 0 Å². The van der Waals surface area contributed by atoms with E-state index in [-0.39, 0.29) is 37.2 Å². The number of hydrogen-bond acceptors (Lipinski definition) is 0. The van der Waals surface area contributed by atoms with E-state index >= 15 is 0 Å². The van der Waals surface area contributed by atoms with Crippen LogP contribution in [-0.2, 0) is 20.4 Å². The second kappa shape index (κ2) is 11.2. The summed E-state index contributed by atoms with van der Waals surface area (Å²) in [6, 6.07) is 28.7. The van der Waals surface area contributed by atoms with Crippen LogP contribution in [0.4, 0.5) is 0 Å². The topological polar surface area (TPSA) is 0 Å². The summed E-state index contributed by atoms with van der Waals surface area (Å²) in [7, 11) is -1.75. The molecule has 0 nitrogen and oxygen atoms in total. The maximum Gasteiger partial charge on any atom is -1.00 e. The summed E-state index contributed by atoms with van der Waals surface area (Å²) >= 11 is 2.30. The van der Waals surface area contributed by atoms with E-state index in [1.54, 1.807) is 16.3 Å². The van der Waals surface area contributed by atoms with Crippen LogP contribution in [0.15, 0.2) is 72.8 Å². The molecule has 2 unspecified atom stereocenters. The summed E-state index contributed by atoms with van der Waals surface area (Å²) in [5.74, 6) is 0. The van der Waals surface area contributed by atoms with Crippen molar-refractivity contribution in [3.05, 3.63) is 83.9 Å². The minimum atomic E-state index is -1.75. The SMILES string of the molecule is CCCC[Si](C)(c1ccccc1)C1c2ccccc2-c2ccc[c]([Ti+3])c21.[Cl-].[Cl-].[Cl-]. The largest absolute Gasteiger partial charge is 1.00 e. The zero-order chi connectivity index (χ0) is 18.1. The van der Waals surface area contributed by atoms with E-state index in [0.717, 1.165) is 0 Å². The zero-order valence-corrected chi connectivity index (χ0v) is 21.6. The maximum absolute atomic E-state index is 2.63. The van der Waals surface area contributed by atoms with Gasteiger partial charge in [-0.15, -0.1) is 0 Å². The van der Waals surface area contributed by atoms with Gasteiger partial charge in [0, 0.05) is 0 Å². The predicted molar refractivity (Wildman–Crippen MR) is 111 cm³/mol. The minimum absolute atomic E-state index is 0. The van der Waals surface area contributed by atoms with Crippen molar-refractivity contribution >= 4 is 17.1 Å². The molecule has 0 fully saturated rings. The number of halogens is 3. The third-order valence-corrected chi connectivity index (χ3v) is 11.7. The van der Waals surface area contributed by atoms with E-state index in [1.807, 2.05) is 0 Å². The van der Waals surface area contributed by atoms with E-state index in [0.29, 0.717) is 5.54 Å². The molecule has 0 N–H and O–H groups in total. The third-order valence-electron chi connectivity index (χ3n) is 6.08. The van der Waals surface area contributed by atoms with Gasteiger partial charge in [-0.1, -0.05) is 0 Å². The molecule has 3 aromatic rings. The fourth-order valence-corrected chi connectivity index (χ4v) is 10.4. The van der Waals surface area contributed by atoms with Crippen LogP contribution in [0.2, 0.25) is 12.6 Å². The molecule has 5 heteroatoms. The number of hydrogen-bond donors (Lipinski definition) is 0. The maximum atomic E-state index is 2.63. The first-order valence-electron chi connectivity index (χ1n) is 9.66. The van der Waals surface area contributed by atoms with Crippen LogP contribution in [-0.4, -0.2) is 8.07 Å². The van der Waals surface area contributed by atoms with Gasteiger partial charge in [-0.25, -0.2) is 0 Å². The third kappa shape index (κ3) is 4.71. The quantitative estimate of drug-likeness (QED) is 0.320. The van der Waals surface area contributed by atoms with Crippen molar-refractivity contribution in [2.24, 2.45) is 0 Å². The molecule has 0 spiro atoms. The Labute approximate surface area is 206 Å².